The highest BCUT2D eigenvalue weighted by atomic mass is 35.5. The lowest BCUT2D eigenvalue weighted by molar-refractivity contribution is -0.120. The molecule has 0 spiro atoms. The molecule has 1 saturated carbocycles. The Morgan fingerprint density at radius 2 is 1.91 bits per heavy atom. The van der Waals surface area contributed by atoms with Gasteiger partial charge in [-0.1, -0.05) is 48.5 Å². The van der Waals surface area contributed by atoms with Gasteiger partial charge in [-0.3, -0.25) is 9.10 Å². The lowest BCUT2D eigenvalue weighted by Crippen LogP contribution is -2.44. The molecule has 0 atom stereocenters. The minimum atomic E-state index is -3.66. The van der Waals surface area contributed by atoms with Crippen LogP contribution in [0, 0.1) is 0 Å². The Morgan fingerprint density at radius 1 is 1.26 bits per heavy atom. The van der Waals surface area contributed by atoms with Crippen molar-refractivity contribution in [2.45, 2.75) is 38.1 Å². The monoisotopic (exact) mass is 378 g/mol. The maximum absolute atomic E-state index is 12.2. The standard InChI is InChI=1S/C15H20Cl2N2O3S/c1-23(21,22)19(13-9-5-8-12(16)15(13)17)10-14(20)18-11-6-3-2-4-7-11/h5,8-9,11H,2-4,6-7,10H2,1H3,(H,18,20). The third kappa shape index (κ3) is 4.99. The molecule has 1 aromatic carbocycles. The van der Waals surface area contributed by atoms with E-state index in [9.17, 15) is 13.2 Å². The summed E-state index contributed by atoms with van der Waals surface area (Å²) in [7, 11) is -3.66. The van der Waals surface area contributed by atoms with Crippen LogP contribution in [0.3, 0.4) is 0 Å². The Hall–Kier alpha value is -0.980. The largest absolute Gasteiger partial charge is 0.352 e. The lowest BCUT2D eigenvalue weighted by atomic mass is 9.95. The van der Waals surface area contributed by atoms with E-state index in [4.69, 9.17) is 23.2 Å². The molecule has 5 nitrogen and oxygen atoms in total. The van der Waals surface area contributed by atoms with Crippen molar-refractivity contribution in [3.63, 3.8) is 0 Å². The number of benzene rings is 1. The molecule has 0 aromatic heterocycles. The lowest BCUT2D eigenvalue weighted by Gasteiger charge is -2.26. The molecule has 1 amide bonds. The summed E-state index contributed by atoms with van der Waals surface area (Å²) in [5, 5.41) is 3.26. The maximum atomic E-state index is 12.2. The molecule has 0 unspecified atom stereocenters. The van der Waals surface area contributed by atoms with Crippen molar-refractivity contribution < 1.29 is 13.2 Å². The molecule has 0 aliphatic heterocycles. The molecule has 0 bridgehead atoms. The second-order valence-electron chi connectivity index (χ2n) is 5.75. The van der Waals surface area contributed by atoms with Crippen molar-refractivity contribution in [1.82, 2.24) is 5.32 Å². The van der Waals surface area contributed by atoms with Gasteiger partial charge in [0.1, 0.15) is 6.54 Å². The normalized spacial score (nSPS) is 16.1. The first-order valence-electron chi connectivity index (χ1n) is 7.50. The fraction of sp³-hybridized carbons (Fsp3) is 0.533. The molecule has 1 aliphatic carbocycles. The molecule has 0 saturated heterocycles. The zero-order valence-electron chi connectivity index (χ0n) is 12.9. The smallest absolute Gasteiger partial charge is 0.240 e. The van der Waals surface area contributed by atoms with Crippen LogP contribution in [-0.4, -0.2) is 33.2 Å². The van der Waals surface area contributed by atoms with E-state index in [2.05, 4.69) is 5.32 Å². The number of hydrogen-bond donors (Lipinski definition) is 1. The molecular formula is C15H20Cl2N2O3S. The fourth-order valence-electron chi connectivity index (χ4n) is 2.72. The van der Waals surface area contributed by atoms with Gasteiger partial charge in [-0.05, 0) is 25.0 Å². The highest BCUT2D eigenvalue weighted by Crippen LogP contribution is 2.33. The molecule has 1 fully saturated rings. The molecular weight excluding hydrogens is 359 g/mol. The number of amides is 1. The predicted octanol–water partition coefficient (Wildman–Crippen LogP) is 3.21. The summed E-state index contributed by atoms with van der Waals surface area (Å²) in [6.45, 7) is -0.310. The number of carbonyl (C=O) groups is 1. The van der Waals surface area contributed by atoms with E-state index in [1.54, 1.807) is 12.1 Å². The Morgan fingerprint density at radius 3 is 2.52 bits per heavy atom. The van der Waals surface area contributed by atoms with E-state index < -0.39 is 10.0 Å². The van der Waals surface area contributed by atoms with Gasteiger partial charge < -0.3 is 5.32 Å². The first-order chi connectivity index (χ1) is 10.8. The summed E-state index contributed by atoms with van der Waals surface area (Å²) in [4.78, 5) is 12.2. The van der Waals surface area contributed by atoms with Crippen LogP contribution in [0.4, 0.5) is 5.69 Å². The second-order valence-corrected chi connectivity index (χ2v) is 8.44. The quantitative estimate of drug-likeness (QED) is 0.854. The summed E-state index contributed by atoms with van der Waals surface area (Å²) >= 11 is 12.0. The van der Waals surface area contributed by atoms with Crippen molar-refractivity contribution in [2.24, 2.45) is 0 Å². The average molecular weight is 379 g/mol. The van der Waals surface area contributed by atoms with E-state index in [0.717, 1.165) is 36.2 Å². The first kappa shape index (κ1) is 18.4. The van der Waals surface area contributed by atoms with Crippen LogP contribution in [0.15, 0.2) is 18.2 Å². The minimum absolute atomic E-state index is 0.116. The Balaban J connectivity index is 2.16. The van der Waals surface area contributed by atoms with E-state index in [0.29, 0.717) is 0 Å². The van der Waals surface area contributed by atoms with Crippen molar-refractivity contribution in [3.05, 3.63) is 28.2 Å². The molecule has 1 aliphatic rings. The molecule has 1 aromatic rings. The Labute approximate surface area is 147 Å². The maximum Gasteiger partial charge on any atom is 0.240 e. The summed E-state index contributed by atoms with van der Waals surface area (Å²) in [6.07, 6.45) is 6.25. The number of halogens is 2. The van der Waals surface area contributed by atoms with E-state index >= 15 is 0 Å². The number of sulfonamides is 1. The van der Waals surface area contributed by atoms with Gasteiger partial charge in [-0.15, -0.1) is 0 Å². The number of nitrogens with one attached hydrogen (secondary N) is 1. The third-order valence-corrected chi connectivity index (χ3v) is 5.79. The molecule has 0 radical (unpaired) electrons. The zero-order valence-corrected chi connectivity index (χ0v) is 15.2. The van der Waals surface area contributed by atoms with Crippen molar-refractivity contribution in [3.8, 4) is 0 Å². The molecule has 23 heavy (non-hydrogen) atoms. The minimum Gasteiger partial charge on any atom is -0.352 e. The van der Waals surface area contributed by atoms with Crippen LogP contribution < -0.4 is 9.62 Å². The van der Waals surface area contributed by atoms with E-state index in [-0.39, 0.29) is 34.2 Å². The van der Waals surface area contributed by atoms with Gasteiger partial charge in [0.05, 0.1) is 22.0 Å². The van der Waals surface area contributed by atoms with Crippen molar-refractivity contribution in [2.75, 3.05) is 17.1 Å². The first-order valence-corrected chi connectivity index (χ1v) is 10.1. The number of rotatable bonds is 5. The average Bonchev–Trinajstić information content (AvgIpc) is 2.48. The molecule has 0 heterocycles. The summed E-state index contributed by atoms with van der Waals surface area (Å²) in [6, 6.07) is 4.81. The van der Waals surface area contributed by atoms with Gasteiger partial charge >= 0.3 is 0 Å². The number of carbonyl (C=O) groups excluding carboxylic acids is 1. The van der Waals surface area contributed by atoms with Crippen LogP contribution >= 0.6 is 23.2 Å². The van der Waals surface area contributed by atoms with Crippen LogP contribution in [-0.2, 0) is 14.8 Å². The summed E-state index contributed by atoms with van der Waals surface area (Å²) in [5.74, 6) is -0.335. The molecule has 8 heteroatoms. The van der Waals surface area contributed by atoms with E-state index in [1.165, 1.54) is 12.5 Å². The van der Waals surface area contributed by atoms with Crippen LogP contribution in [0.1, 0.15) is 32.1 Å². The van der Waals surface area contributed by atoms with Crippen LogP contribution in [0.25, 0.3) is 0 Å². The molecule has 128 valence electrons. The van der Waals surface area contributed by atoms with E-state index in [1.807, 2.05) is 0 Å². The topological polar surface area (TPSA) is 66.5 Å². The zero-order chi connectivity index (χ0) is 17.0. The number of hydrogen-bond acceptors (Lipinski definition) is 3. The van der Waals surface area contributed by atoms with Crippen LogP contribution in [0.2, 0.25) is 10.0 Å². The summed E-state index contributed by atoms with van der Waals surface area (Å²) < 4.78 is 25.1. The van der Waals surface area contributed by atoms with Crippen molar-refractivity contribution >= 4 is 44.8 Å². The fourth-order valence-corrected chi connectivity index (χ4v) is 4.03. The Kier molecular flexibility index (Phi) is 6.17. The van der Waals surface area contributed by atoms with Gasteiger partial charge in [0, 0.05) is 6.04 Å². The van der Waals surface area contributed by atoms with Gasteiger partial charge in [0.15, 0.2) is 0 Å². The molecule has 2 rings (SSSR count). The number of anilines is 1. The predicted molar refractivity (Wildman–Crippen MR) is 93.7 cm³/mol. The van der Waals surface area contributed by atoms with Crippen LogP contribution in [0.5, 0.6) is 0 Å². The highest BCUT2D eigenvalue weighted by molar-refractivity contribution is 7.92. The van der Waals surface area contributed by atoms with Crippen molar-refractivity contribution in [1.29, 1.82) is 0 Å². The number of nitrogens with zero attached hydrogens (tertiary/aromatic N) is 1. The second kappa shape index (κ2) is 7.73. The molecule has 1 N–H and O–H groups in total. The Bertz CT molecular complexity index is 673. The SMILES string of the molecule is CS(=O)(=O)N(CC(=O)NC1CCCCC1)c1cccc(Cl)c1Cl. The van der Waals surface area contributed by atoms with Gasteiger partial charge in [0.2, 0.25) is 15.9 Å². The summed E-state index contributed by atoms with van der Waals surface area (Å²) in [5.41, 5.74) is 0.209. The highest BCUT2D eigenvalue weighted by Gasteiger charge is 2.25. The van der Waals surface area contributed by atoms with Gasteiger partial charge in [-0.25, -0.2) is 8.42 Å². The third-order valence-electron chi connectivity index (χ3n) is 3.86. The van der Waals surface area contributed by atoms with Gasteiger partial charge in [-0.2, -0.15) is 0 Å². The van der Waals surface area contributed by atoms with Gasteiger partial charge in [0.25, 0.3) is 0 Å².